The van der Waals surface area contributed by atoms with Gasteiger partial charge in [-0.3, -0.25) is 0 Å². The fourth-order valence-corrected chi connectivity index (χ4v) is 3.91. The van der Waals surface area contributed by atoms with Crippen LogP contribution in [0.3, 0.4) is 0 Å². The molecule has 1 aliphatic carbocycles. The van der Waals surface area contributed by atoms with Crippen molar-refractivity contribution in [3.63, 3.8) is 0 Å². The van der Waals surface area contributed by atoms with Gasteiger partial charge in [-0.25, -0.2) is 0 Å². The lowest BCUT2D eigenvalue weighted by atomic mass is 9.78. The molecule has 0 radical (unpaired) electrons. The fraction of sp³-hybridized carbons (Fsp3) is 0.385. The first-order valence-corrected chi connectivity index (χ1v) is 10.3. The first kappa shape index (κ1) is 19.6. The minimum absolute atomic E-state index is 0.667. The number of benzene rings is 2. The predicted molar refractivity (Wildman–Crippen MR) is 116 cm³/mol. The van der Waals surface area contributed by atoms with Crippen molar-refractivity contribution in [1.82, 2.24) is 0 Å². The molecule has 2 aromatic rings. The Morgan fingerprint density at radius 2 is 1.52 bits per heavy atom. The Morgan fingerprint density at radius 3 is 2.11 bits per heavy atom. The zero-order valence-electron chi connectivity index (χ0n) is 16.6. The van der Waals surface area contributed by atoms with E-state index in [1.165, 1.54) is 47.9 Å². The van der Waals surface area contributed by atoms with Gasteiger partial charge >= 0.3 is 0 Å². The van der Waals surface area contributed by atoms with E-state index in [9.17, 15) is 0 Å². The number of rotatable bonds is 8. The molecule has 2 aromatic carbocycles. The van der Waals surface area contributed by atoms with E-state index in [0.717, 1.165) is 18.3 Å². The molecule has 0 N–H and O–H groups in total. The molecule has 0 aromatic heterocycles. The third kappa shape index (κ3) is 5.68. The van der Waals surface area contributed by atoms with Crippen molar-refractivity contribution in [1.29, 1.82) is 0 Å². The van der Waals surface area contributed by atoms with Crippen LogP contribution in [0.4, 0.5) is 0 Å². The van der Waals surface area contributed by atoms with Gasteiger partial charge in [0.05, 0.1) is 13.2 Å². The lowest BCUT2D eigenvalue weighted by molar-refractivity contribution is 0.148. The molecule has 1 aliphatic rings. The van der Waals surface area contributed by atoms with Crippen LogP contribution in [0.25, 0.3) is 11.1 Å². The average molecular weight is 361 g/mol. The molecule has 0 unspecified atom stereocenters. The van der Waals surface area contributed by atoms with Crippen LogP contribution in [0.2, 0.25) is 0 Å². The van der Waals surface area contributed by atoms with Gasteiger partial charge in [0.25, 0.3) is 0 Å². The van der Waals surface area contributed by atoms with Gasteiger partial charge in [-0.05, 0) is 66.2 Å². The van der Waals surface area contributed by atoms with Gasteiger partial charge in [-0.1, -0.05) is 73.7 Å². The summed E-state index contributed by atoms with van der Waals surface area (Å²) >= 11 is 0. The molecule has 0 saturated heterocycles. The van der Waals surface area contributed by atoms with Crippen molar-refractivity contribution in [3.8, 4) is 11.1 Å². The summed E-state index contributed by atoms with van der Waals surface area (Å²) in [4.78, 5) is 0. The maximum Gasteiger partial charge on any atom is 0.0721 e. The quantitative estimate of drug-likeness (QED) is 0.354. The third-order valence-corrected chi connectivity index (χ3v) is 5.66. The molecular formula is C26H32O. The maximum absolute atomic E-state index is 5.67. The fourth-order valence-electron chi connectivity index (χ4n) is 3.91. The van der Waals surface area contributed by atoms with Crippen LogP contribution in [0.1, 0.15) is 56.1 Å². The van der Waals surface area contributed by atoms with Crippen molar-refractivity contribution in [2.24, 2.45) is 5.92 Å². The summed E-state index contributed by atoms with van der Waals surface area (Å²) in [5, 5.41) is 0. The summed E-state index contributed by atoms with van der Waals surface area (Å²) in [7, 11) is 0. The first-order chi connectivity index (χ1) is 13.3. The molecule has 1 nitrogen and oxygen atoms in total. The molecule has 3 rings (SSSR count). The molecule has 0 bridgehead atoms. The van der Waals surface area contributed by atoms with E-state index in [4.69, 9.17) is 4.74 Å². The van der Waals surface area contributed by atoms with E-state index in [2.05, 4.69) is 80.3 Å². The molecule has 0 atom stereocenters. The van der Waals surface area contributed by atoms with Crippen molar-refractivity contribution < 1.29 is 4.74 Å². The minimum atomic E-state index is 0.667. The van der Waals surface area contributed by atoms with Crippen molar-refractivity contribution in [3.05, 3.63) is 84.5 Å². The van der Waals surface area contributed by atoms with E-state index in [-0.39, 0.29) is 0 Å². The minimum Gasteiger partial charge on any atom is -0.373 e. The van der Waals surface area contributed by atoms with Gasteiger partial charge in [0.2, 0.25) is 0 Å². The van der Waals surface area contributed by atoms with E-state index in [0.29, 0.717) is 13.2 Å². The van der Waals surface area contributed by atoms with Gasteiger partial charge in [0, 0.05) is 0 Å². The zero-order chi connectivity index (χ0) is 18.9. The lowest BCUT2D eigenvalue weighted by Crippen LogP contribution is -2.11. The highest BCUT2D eigenvalue weighted by Gasteiger charge is 2.20. The second kappa shape index (κ2) is 10.3. The number of ether oxygens (including phenoxy) is 1. The highest BCUT2D eigenvalue weighted by molar-refractivity contribution is 5.64. The van der Waals surface area contributed by atoms with Crippen LogP contribution in [-0.4, -0.2) is 6.61 Å². The number of hydrogen-bond acceptors (Lipinski definition) is 1. The summed E-state index contributed by atoms with van der Waals surface area (Å²) in [5.41, 5.74) is 5.27. The van der Waals surface area contributed by atoms with Crippen LogP contribution in [0.15, 0.2) is 73.3 Å². The van der Waals surface area contributed by atoms with Gasteiger partial charge in [0.15, 0.2) is 0 Å². The Bertz CT molecular complexity index is 716. The number of hydrogen-bond donors (Lipinski definition) is 0. The monoisotopic (exact) mass is 360 g/mol. The van der Waals surface area contributed by atoms with Gasteiger partial charge in [-0.2, -0.15) is 0 Å². The smallest absolute Gasteiger partial charge is 0.0721 e. The second-order valence-corrected chi connectivity index (χ2v) is 7.56. The normalized spacial score (nSPS) is 20.0. The van der Waals surface area contributed by atoms with Crippen LogP contribution < -0.4 is 0 Å². The van der Waals surface area contributed by atoms with Gasteiger partial charge in [-0.15, -0.1) is 6.58 Å². The second-order valence-electron chi connectivity index (χ2n) is 7.56. The predicted octanol–water partition coefficient (Wildman–Crippen LogP) is 7.30. The SMILES string of the molecule is C=CC1CCC(c2ccc(-c3ccc(COC/C=C/CC)cc3)cc2)CC1. The topological polar surface area (TPSA) is 9.23 Å². The summed E-state index contributed by atoms with van der Waals surface area (Å²) in [5.74, 6) is 1.45. The molecule has 142 valence electrons. The number of allylic oxidation sites excluding steroid dienone is 2. The van der Waals surface area contributed by atoms with E-state index in [1.807, 2.05) is 0 Å². The Hall–Kier alpha value is -2.12. The molecule has 1 heteroatoms. The largest absolute Gasteiger partial charge is 0.373 e. The standard InChI is InChI=1S/C26H32O/c1-3-5-6-19-27-20-22-9-13-24(14-10-22)26-17-15-25(16-18-26)23-11-7-21(4-2)8-12-23/h4-6,9-10,13-18,21,23H,2-3,7-8,11-12,19-20H2,1H3/b6-5+. The molecule has 27 heavy (non-hydrogen) atoms. The summed E-state index contributed by atoms with van der Waals surface area (Å²) in [6.07, 6.45) is 12.6. The molecule has 0 spiro atoms. The highest BCUT2D eigenvalue weighted by atomic mass is 16.5. The Labute approximate surface area is 164 Å². The van der Waals surface area contributed by atoms with Crippen LogP contribution in [0.5, 0.6) is 0 Å². The van der Waals surface area contributed by atoms with E-state index >= 15 is 0 Å². The van der Waals surface area contributed by atoms with Crippen molar-refractivity contribution >= 4 is 0 Å². The summed E-state index contributed by atoms with van der Waals surface area (Å²) in [6, 6.07) is 17.9. The Morgan fingerprint density at radius 1 is 0.889 bits per heavy atom. The molecule has 1 fully saturated rings. The average Bonchev–Trinajstić information content (AvgIpc) is 2.74. The zero-order valence-corrected chi connectivity index (χ0v) is 16.6. The lowest BCUT2D eigenvalue weighted by Gasteiger charge is -2.27. The molecule has 0 aliphatic heterocycles. The third-order valence-electron chi connectivity index (χ3n) is 5.66. The summed E-state index contributed by atoms with van der Waals surface area (Å²) < 4.78 is 5.67. The molecule has 0 amide bonds. The van der Waals surface area contributed by atoms with Gasteiger partial charge in [0.1, 0.15) is 0 Å². The van der Waals surface area contributed by atoms with Crippen molar-refractivity contribution in [2.75, 3.05) is 6.61 Å². The van der Waals surface area contributed by atoms with E-state index < -0.39 is 0 Å². The maximum atomic E-state index is 5.67. The van der Waals surface area contributed by atoms with Crippen LogP contribution in [0, 0.1) is 5.92 Å². The summed E-state index contributed by atoms with van der Waals surface area (Å²) in [6.45, 7) is 7.44. The molecule has 1 saturated carbocycles. The Kier molecular flexibility index (Phi) is 7.47. The Balaban J connectivity index is 1.55. The first-order valence-electron chi connectivity index (χ1n) is 10.3. The van der Waals surface area contributed by atoms with E-state index in [1.54, 1.807) is 0 Å². The van der Waals surface area contributed by atoms with Crippen molar-refractivity contribution in [2.45, 2.75) is 51.6 Å². The molecule has 0 heterocycles. The van der Waals surface area contributed by atoms with Crippen LogP contribution >= 0.6 is 0 Å². The molecular weight excluding hydrogens is 328 g/mol. The van der Waals surface area contributed by atoms with Gasteiger partial charge < -0.3 is 4.74 Å². The van der Waals surface area contributed by atoms with Crippen LogP contribution in [-0.2, 0) is 11.3 Å². The highest BCUT2D eigenvalue weighted by Crippen LogP contribution is 2.36.